The Morgan fingerprint density at radius 2 is 0.681 bits per heavy atom. The average molecular weight is 1010 g/mol. The van der Waals surface area contributed by atoms with Crippen LogP contribution < -0.4 is 0 Å². The monoisotopic (exact) mass is 1010 g/mol. The van der Waals surface area contributed by atoms with E-state index in [1.54, 1.807) is 0 Å². The van der Waals surface area contributed by atoms with Crippen LogP contribution in [0.4, 0.5) is 0 Å². The first kappa shape index (κ1) is 66.4. The lowest BCUT2D eigenvalue weighted by molar-refractivity contribution is -0.220. The summed E-state index contributed by atoms with van der Waals surface area (Å²) < 4.78 is 34.4. The number of phosphoric acid groups is 1. The van der Waals surface area contributed by atoms with Crippen LogP contribution in [0.25, 0.3) is 0 Å². The molecule has 69 heavy (non-hydrogen) atoms. The molecule has 6 unspecified atom stereocenters. The SMILES string of the molecule is CCCCCCCCCCCCCCCCCCCCCCCCCCOCC(COP(=O)(O)OC1C(O)C(O)C(O)C(O)C1O)OC(=O)CCCCCCCCCCCCCCCCCCCC. The van der Waals surface area contributed by atoms with Crippen molar-refractivity contribution in [3.8, 4) is 0 Å². The van der Waals surface area contributed by atoms with Gasteiger partial charge < -0.3 is 39.9 Å². The second kappa shape index (κ2) is 47.1. The number of esters is 1. The number of aliphatic hydroxyl groups is 5. The Kier molecular flexibility index (Phi) is 45.3. The van der Waals surface area contributed by atoms with Gasteiger partial charge >= 0.3 is 13.8 Å². The Labute approximate surface area is 423 Å². The topological polar surface area (TPSA) is 192 Å². The summed E-state index contributed by atoms with van der Waals surface area (Å²) in [6.45, 7) is 4.34. The number of carbonyl (C=O) groups excluding carboxylic acids is 1. The lowest BCUT2D eigenvalue weighted by Gasteiger charge is -2.41. The van der Waals surface area contributed by atoms with Crippen LogP contribution in [0.5, 0.6) is 0 Å². The predicted octanol–water partition coefficient (Wildman–Crippen LogP) is 14.0. The molecule has 1 rings (SSSR count). The van der Waals surface area contributed by atoms with E-state index < -0.39 is 63.1 Å². The third kappa shape index (κ3) is 38.6. The number of ether oxygens (including phenoxy) is 2. The average Bonchev–Trinajstić information content (AvgIpc) is 3.34. The summed E-state index contributed by atoms with van der Waals surface area (Å²) in [6.07, 6.45) is 41.8. The van der Waals surface area contributed by atoms with E-state index in [0.717, 1.165) is 38.5 Å². The van der Waals surface area contributed by atoms with Crippen molar-refractivity contribution in [3.63, 3.8) is 0 Å². The number of carbonyl (C=O) groups is 1. The van der Waals surface area contributed by atoms with Crippen molar-refractivity contribution < 1.29 is 58.3 Å². The van der Waals surface area contributed by atoms with Crippen molar-refractivity contribution >= 4 is 13.8 Å². The van der Waals surface area contributed by atoms with Gasteiger partial charge in [0.2, 0.25) is 0 Å². The number of aliphatic hydroxyl groups excluding tert-OH is 5. The van der Waals surface area contributed by atoms with E-state index in [2.05, 4.69) is 13.8 Å². The zero-order valence-electron chi connectivity index (χ0n) is 44.6. The van der Waals surface area contributed by atoms with E-state index >= 15 is 0 Å². The molecule has 0 aromatic rings. The Hall–Kier alpha value is -0.660. The molecule has 1 aliphatic rings. The molecule has 6 atom stereocenters. The van der Waals surface area contributed by atoms with E-state index in [-0.39, 0.29) is 13.0 Å². The molecular formula is C56H111O12P. The lowest BCUT2D eigenvalue weighted by Crippen LogP contribution is -2.64. The minimum Gasteiger partial charge on any atom is -0.457 e. The van der Waals surface area contributed by atoms with Gasteiger partial charge in [-0.2, -0.15) is 0 Å². The second-order valence-electron chi connectivity index (χ2n) is 20.9. The molecule has 1 fully saturated rings. The van der Waals surface area contributed by atoms with Crippen molar-refractivity contribution in [1.82, 2.24) is 0 Å². The Bertz CT molecular complexity index is 1150. The number of rotatable bonds is 52. The zero-order valence-corrected chi connectivity index (χ0v) is 45.5. The standard InChI is InChI=1S/C56H111O12P/c1-3-5-7-9-11-13-15-17-19-21-23-24-25-26-27-28-30-32-34-36-38-40-42-44-46-65-47-49(48-66-69(63,64)68-56-54(61)52(59)51(58)53(60)55(56)62)67-50(57)45-43-41-39-37-35-33-31-29-22-20-18-16-14-12-10-8-6-4-2/h49,51-56,58-62H,3-48H2,1-2H3,(H,63,64). The van der Waals surface area contributed by atoms with Gasteiger partial charge in [0.05, 0.1) is 13.2 Å². The third-order valence-corrected chi connectivity index (χ3v) is 15.2. The maximum Gasteiger partial charge on any atom is 0.472 e. The van der Waals surface area contributed by atoms with Crippen molar-refractivity contribution in [2.45, 2.75) is 333 Å². The highest BCUT2D eigenvalue weighted by Gasteiger charge is 2.51. The van der Waals surface area contributed by atoms with Crippen LogP contribution in [0, 0.1) is 0 Å². The molecule has 0 aromatic carbocycles. The van der Waals surface area contributed by atoms with Crippen LogP contribution >= 0.6 is 7.82 Å². The van der Waals surface area contributed by atoms with E-state index in [0.29, 0.717) is 13.0 Å². The molecular weight excluding hydrogens is 896 g/mol. The first-order valence-electron chi connectivity index (χ1n) is 29.4. The molecule has 0 bridgehead atoms. The van der Waals surface area contributed by atoms with Crippen LogP contribution in [-0.2, 0) is 27.9 Å². The molecule has 0 saturated heterocycles. The van der Waals surface area contributed by atoms with Crippen molar-refractivity contribution in [2.24, 2.45) is 0 Å². The van der Waals surface area contributed by atoms with Crippen molar-refractivity contribution in [1.29, 1.82) is 0 Å². The third-order valence-electron chi connectivity index (χ3n) is 14.2. The predicted molar refractivity (Wildman–Crippen MR) is 281 cm³/mol. The molecule has 1 saturated carbocycles. The highest BCUT2D eigenvalue weighted by Crippen LogP contribution is 2.47. The van der Waals surface area contributed by atoms with E-state index in [9.17, 15) is 39.8 Å². The fourth-order valence-corrected chi connectivity index (χ4v) is 10.6. The maximum absolute atomic E-state index is 12.9. The van der Waals surface area contributed by atoms with Gasteiger partial charge in [0.15, 0.2) is 0 Å². The summed E-state index contributed by atoms with van der Waals surface area (Å²) >= 11 is 0. The van der Waals surface area contributed by atoms with Crippen molar-refractivity contribution in [3.05, 3.63) is 0 Å². The van der Waals surface area contributed by atoms with Crippen LogP contribution in [0.3, 0.4) is 0 Å². The summed E-state index contributed by atoms with van der Waals surface area (Å²) in [5.74, 6) is -0.467. The first-order valence-corrected chi connectivity index (χ1v) is 30.9. The molecule has 0 spiro atoms. The number of hydrogen-bond donors (Lipinski definition) is 6. The number of hydrogen-bond acceptors (Lipinski definition) is 11. The van der Waals surface area contributed by atoms with Crippen LogP contribution in [0.2, 0.25) is 0 Å². The molecule has 412 valence electrons. The molecule has 13 heteroatoms. The first-order chi connectivity index (χ1) is 33.5. The molecule has 1 aliphatic carbocycles. The van der Waals surface area contributed by atoms with Crippen molar-refractivity contribution in [2.75, 3.05) is 19.8 Å². The van der Waals surface area contributed by atoms with Gasteiger partial charge in [-0.05, 0) is 12.8 Å². The zero-order chi connectivity index (χ0) is 50.5. The minimum atomic E-state index is -5.02. The summed E-state index contributed by atoms with van der Waals surface area (Å²) in [7, 11) is -5.02. The molecule has 0 amide bonds. The molecule has 0 heterocycles. The van der Waals surface area contributed by atoms with Gasteiger partial charge in [0.25, 0.3) is 0 Å². The smallest absolute Gasteiger partial charge is 0.457 e. The Morgan fingerprint density at radius 3 is 1.00 bits per heavy atom. The Balaban J connectivity index is 2.24. The Morgan fingerprint density at radius 1 is 0.406 bits per heavy atom. The lowest BCUT2D eigenvalue weighted by atomic mass is 9.85. The minimum absolute atomic E-state index is 0.0669. The highest BCUT2D eigenvalue weighted by atomic mass is 31.2. The van der Waals surface area contributed by atoms with Crippen LogP contribution in [0.1, 0.15) is 290 Å². The van der Waals surface area contributed by atoms with E-state index in [4.69, 9.17) is 18.5 Å². The van der Waals surface area contributed by atoms with Crippen LogP contribution in [0.15, 0.2) is 0 Å². The fraction of sp³-hybridized carbons (Fsp3) is 0.982. The van der Waals surface area contributed by atoms with E-state index in [1.807, 2.05) is 0 Å². The number of unbranched alkanes of at least 4 members (excludes halogenated alkanes) is 40. The van der Waals surface area contributed by atoms with Crippen LogP contribution in [-0.4, -0.2) is 98.9 Å². The molecule has 0 aliphatic heterocycles. The normalized spacial score (nSPS) is 20.9. The summed E-state index contributed by atoms with van der Waals surface area (Å²) in [4.78, 5) is 23.3. The summed E-state index contributed by atoms with van der Waals surface area (Å²) in [6, 6.07) is 0. The van der Waals surface area contributed by atoms with Gasteiger partial charge in [-0.15, -0.1) is 0 Å². The van der Waals surface area contributed by atoms with E-state index in [1.165, 1.54) is 225 Å². The molecule has 6 N–H and O–H groups in total. The largest absolute Gasteiger partial charge is 0.472 e. The van der Waals surface area contributed by atoms with Gasteiger partial charge in [-0.25, -0.2) is 4.57 Å². The maximum atomic E-state index is 12.9. The number of phosphoric ester groups is 1. The van der Waals surface area contributed by atoms with Gasteiger partial charge in [0, 0.05) is 13.0 Å². The molecule has 12 nitrogen and oxygen atoms in total. The quantitative estimate of drug-likeness (QED) is 0.0192. The summed E-state index contributed by atoms with van der Waals surface area (Å²) in [5.41, 5.74) is 0. The molecule has 0 aromatic heterocycles. The fourth-order valence-electron chi connectivity index (χ4n) is 9.60. The van der Waals surface area contributed by atoms with Gasteiger partial charge in [-0.1, -0.05) is 271 Å². The summed E-state index contributed by atoms with van der Waals surface area (Å²) in [5, 5.41) is 50.4. The molecule has 0 radical (unpaired) electrons. The van der Waals surface area contributed by atoms with Gasteiger partial charge in [-0.3, -0.25) is 13.8 Å². The highest BCUT2D eigenvalue weighted by molar-refractivity contribution is 7.47. The second-order valence-corrected chi connectivity index (χ2v) is 22.3. The van der Waals surface area contributed by atoms with Gasteiger partial charge in [0.1, 0.15) is 42.7 Å².